The maximum Gasteiger partial charge on any atom is 0.417 e. The second-order valence-corrected chi connectivity index (χ2v) is 8.94. The number of halogens is 6. The predicted molar refractivity (Wildman–Crippen MR) is 124 cm³/mol. The van der Waals surface area contributed by atoms with Crippen LogP contribution in [-0.2, 0) is 12.4 Å². The van der Waals surface area contributed by atoms with E-state index >= 15 is 0 Å². The van der Waals surface area contributed by atoms with E-state index in [9.17, 15) is 31.1 Å². The molecule has 36 heavy (non-hydrogen) atoms. The number of benzene rings is 2. The number of carbonyl (C=O) groups is 1. The molecule has 2 heterocycles. The number of rotatable bonds is 4. The first kappa shape index (κ1) is 25.8. The van der Waals surface area contributed by atoms with E-state index in [0.29, 0.717) is 38.3 Å². The second kappa shape index (κ2) is 10.4. The molecule has 2 aliphatic rings. The van der Waals surface area contributed by atoms with E-state index in [4.69, 9.17) is 0 Å². The van der Waals surface area contributed by atoms with Gasteiger partial charge in [-0.1, -0.05) is 36.4 Å². The summed E-state index contributed by atoms with van der Waals surface area (Å²) in [5.74, 6) is -0.332. The maximum absolute atomic E-state index is 13.3. The monoisotopic (exact) mass is 509 g/mol. The molecule has 1 N–H and O–H groups in total. The van der Waals surface area contributed by atoms with Gasteiger partial charge in [0.25, 0.3) is 5.91 Å². The summed E-state index contributed by atoms with van der Waals surface area (Å²) >= 11 is 0. The lowest BCUT2D eigenvalue weighted by molar-refractivity contribution is -0.139. The number of piperidine rings is 1. The Labute approximate surface area is 204 Å². The van der Waals surface area contributed by atoms with Gasteiger partial charge in [0.2, 0.25) is 0 Å². The van der Waals surface area contributed by atoms with Crippen LogP contribution in [0.25, 0.3) is 0 Å². The molecule has 0 radical (unpaired) electrons. The van der Waals surface area contributed by atoms with E-state index in [1.807, 2.05) is 0 Å². The van der Waals surface area contributed by atoms with Crippen LogP contribution in [0.2, 0.25) is 0 Å². The third-order valence-corrected chi connectivity index (χ3v) is 6.55. The van der Waals surface area contributed by atoms with Crippen LogP contribution >= 0.6 is 0 Å². The molecule has 4 rings (SSSR count). The van der Waals surface area contributed by atoms with Gasteiger partial charge in [-0.25, -0.2) is 0 Å². The van der Waals surface area contributed by atoms with Crippen molar-refractivity contribution < 1.29 is 31.1 Å². The number of nitrogens with zero attached hydrogens (tertiary/aromatic N) is 2. The fourth-order valence-electron chi connectivity index (χ4n) is 4.59. The Hall–Kier alpha value is -3.30. The molecule has 2 aliphatic heterocycles. The first-order valence-electron chi connectivity index (χ1n) is 11.6. The molecular weight excluding hydrogens is 484 g/mol. The van der Waals surface area contributed by atoms with Crippen molar-refractivity contribution in [2.24, 2.45) is 10.9 Å². The summed E-state index contributed by atoms with van der Waals surface area (Å²) in [6.07, 6.45) is -4.42. The standard InChI is InChI=1S/C26H25F6N3O/c27-25(28,29)21-7-3-1-5-19(21)18-9-10-23(34-16-18)33-15-17-11-13-35(14-12-17)24(36)20-6-2-4-8-22(20)26(30,31)32/h1-10,17-18H,11-16H2,(H,33,34). The van der Waals surface area contributed by atoms with Gasteiger partial charge in [-0.2, -0.15) is 26.3 Å². The third kappa shape index (κ3) is 5.91. The van der Waals surface area contributed by atoms with E-state index in [0.717, 1.165) is 12.1 Å². The van der Waals surface area contributed by atoms with Crippen LogP contribution < -0.4 is 5.32 Å². The summed E-state index contributed by atoms with van der Waals surface area (Å²) in [4.78, 5) is 18.6. The van der Waals surface area contributed by atoms with Gasteiger partial charge in [0.05, 0.1) is 23.2 Å². The zero-order valence-electron chi connectivity index (χ0n) is 19.2. The fourth-order valence-corrected chi connectivity index (χ4v) is 4.59. The summed E-state index contributed by atoms with van der Waals surface area (Å²) in [5, 5.41) is 3.20. The molecule has 1 fully saturated rings. The van der Waals surface area contributed by atoms with Crippen LogP contribution in [0.3, 0.4) is 0 Å². The molecule has 2 aromatic carbocycles. The van der Waals surface area contributed by atoms with Crippen LogP contribution in [0.1, 0.15) is 45.8 Å². The largest absolute Gasteiger partial charge is 0.417 e. The number of hydrogen-bond donors (Lipinski definition) is 1. The van der Waals surface area contributed by atoms with Crippen molar-refractivity contribution in [3.63, 3.8) is 0 Å². The SMILES string of the molecule is O=C(c1ccccc1C(F)(F)F)N1CCC(CNC2=NCC(c3ccccc3C(F)(F)F)C=C2)CC1. The van der Waals surface area contributed by atoms with Crippen LogP contribution in [0.5, 0.6) is 0 Å². The molecule has 2 aromatic rings. The van der Waals surface area contributed by atoms with Crippen molar-refractivity contribution in [2.75, 3.05) is 26.2 Å². The van der Waals surface area contributed by atoms with Gasteiger partial charge in [-0.3, -0.25) is 9.79 Å². The fraction of sp³-hybridized carbons (Fsp3) is 0.385. The predicted octanol–water partition coefficient (Wildman–Crippen LogP) is 5.92. The van der Waals surface area contributed by atoms with E-state index < -0.39 is 35.3 Å². The van der Waals surface area contributed by atoms with Gasteiger partial charge in [-0.05, 0) is 48.6 Å². The topological polar surface area (TPSA) is 44.7 Å². The number of alkyl halides is 6. The van der Waals surface area contributed by atoms with Gasteiger partial charge in [0, 0.05) is 25.6 Å². The lowest BCUT2D eigenvalue weighted by Crippen LogP contribution is -2.42. The second-order valence-electron chi connectivity index (χ2n) is 8.94. The zero-order valence-corrected chi connectivity index (χ0v) is 19.2. The van der Waals surface area contributed by atoms with E-state index in [2.05, 4.69) is 10.3 Å². The number of likely N-dealkylation sites (tertiary alicyclic amines) is 1. The summed E-state index contributed by atoms with van der Waals surface area (Å²) < 4.78 is 79.7. The highest BCUT2D eigenvalue weighted by molar-refractivity contribution is 5.96. The Balaban J connectivity index is 1.28. The normalized spacial score (nSPS) is 19.2. The van der Waals surface area contributed by atoms with Crippen molar-refractivity contribution in [3.05, 3.63) is 82.9 Å². The lowest BCUT2D eigenvalue weighted by Gasteiger charge is -2.33. The number of amidine groups is 1. The van der Waals surface area contributed by atoms with E-state index in [-0.39, 0.29) is 23.6 Å². The summed E-state index contributed by atoms with van der Waals surface area (Å²) in [7, 11) is 0. The zero-order chi connectivity index (χ0) is 25.9. The van der Waals surface area contributed by atoms with Crippen molar-refractivity contribution in [1.82, 2.24) is 10.2 Å². The summed E-state index contributed by atoms with van der Waals surface area (Å²) in [6, 6.07) is 10.3. The van der Waals surface area contributed by atoms with Crippen LogP contribution in [0.15, 0.2) is 65.7 Å². The molecular formula is C26H25F6N3O. The minimum absolute atomic E-state index is 0.187. The Morgan fingerprint density at radius 2 is 1.53 bits per heavy atom. The average molecular weight is 509 g/mol. The summed E-state index contributed by atoms with van der Waals surface area (Å²) in [6.45, 7) is 1.43. The highest BCUT2D eigenvalue weighted by atomic mass is 19.4. The van der Waals surface area contributed by atoms with Gasteiger partial charge in [0.1, 0.15) is 5.84 Å². The molecule has 0 aliphatic carbocycles. The van der Waals surface area contributed by atoms with Gasteiger partial charge >= 0.3 is 12.4 Å². The van der Waals surface area contributed by atoms with Crippen LogP contribution in [0.4, 0.5) is 26.3 Å². The molecule has 4 nitrogen and oxygen atoms in total. The first-order valence-corrected chi connectivity index (χ1v) is 11.6. The molecule has 1 amide bonds. The number of hydrogen-bond acceptors (Lipinski definition) is 3. The number of amides is 1. The molecule has 10 heteroatoms. The van der Waals surface area contributed by atoms with Gasteiger partial charge in [0.15, 0.2) is 0 Å². The van der Waals surface area contributed by atoms with E-state index in [1.54, 1.807) is 18.2 Å². The quantitative estimate of drug-likeness (QED) is 0.521. The van der Waals surface area contributed by atoms with Gasteiger partial charge < -0.3 is 10.2 Å². The van der Waals surface area contributed by atoms with Gasteiger partial charge in [-0.15, -0.1) is 0 Å². The van der Waals surface area contributed by atoms with Crippen molar-refractivity contribution in [3.8, 4) is 0 Å². The summed E-state index contributed by atoms with van der Waals surface area (Å²) in [5.41, 5.74) is -1.75. The van der Waals surface area contributed by atoms with Crippen LogP contribution in [0, 0.1) is 5.92 Å². The van der Waals surface area contributed by atoms with Crippen LogP contribution in [-0.4, -0.2) is 42.8 Å². The molecule has 0 saturated carbocycles. The average Bonchev–Trinajstić information content (AvgIpc) is 2.87. The Morgan fingerprint density at radius 1 is 0.917 bits per heavy atom. The smallest absolute Gasteiger partial charge is 0.370 e. The highest BCUT2D eigenvalue weighted by Crippen LogP contribution is 2.36. The van der Waals surface area contributed by atoms with Crippen molar-refractivity contribution in [2.45, 2.75) is 31.1 Å². The number of carbonyl (C=O) groups excluding carboxylic acids is 1. The third-order valence-electron chi connectivity index (χ3n) is 6.55. The minimum atomic E-state index is -4.60. The van der Waals surface area contributed by atoms with E-state index in [1.165, 1.54) is 35.2 Å². The minimum Gasteiger partial charge on any atom is -0.370 e. The number of nitrogens with one attached hydrogen (secondary N) is 1. The molecule has 1 unspecified atom stereocenters. The molecule has 0 bridgehead atoms. The number of aliphatic imine (C=N–C) groups is 1. The molecule has 1 atom stereocenters. The Kier molecular flexibility index (Phi) is 7.42. The molecule has 0 aromatic heterocycles. The Bertz CT molecular complexity index is 1150. The number of dihydropyridines is 1. The highest BCUT2D eigenvalue weighted by Gasteiger charge is 2.37. The lowest BCUT2D eigenvalue weighted by atomic mass is 9.92. The van der Waals surface area contributed by atoms with Crippen molar-refractivity contribution >= 4 is 11.7 Å². The molecule has 1 saturated heterocycles. The first-order chi connectivity index (χ1) is 17.0. The maximum atomic E-state index is 13.3. The molecule has 192 valence electrons. The Morgan fingerprint density at radius 3 is 2.14 bits per heavy atom. The van der Waals surface area contributed by atoms with Crippen molar-refractivity contribution in [1.29, 1.82) is 0 Å². The molecule has 0 spiro atoms.